The van der Waals surface area contributed by atoms with Crippen LogP contribution in [0.3, 0.4) is 0 Å². The van der Waals surface area contributed by atoms with Gasteiger partial charge in [-0.05, 0) is 31.0 Å². The second-order valence-electron chi connectivity index (χ2n) is 7.87. The summed E-state index contributed by atoms with van der Waals surface area (Å²) in [7, 11) is -3.54. The number of anilines is 1. The van der Waals surface area contributed by atoms with E-state index in [4.69, 9.17) is 11.6 Å². The van der Waals surface area contributed by atoms with Crippen LogP contribution < -0.4 is 4.90 Å². The number of sulfonamides is 1. The Hall–Kier alpha value is -1.95. The topological polar surface area (TPSA) is 69.6 Å². The van der Waals surface area contributed by atoms with E-state index >= 15 is 0 Å². The first kappa shape index (κ1) is 23.2. The molecule has 0 amide bonds. The summed E-state index contributed by atoms with van der Waals surface area (Å²) < 4.78 is 65.5. The zero-order chi connectivity index (χ0) is 22.9. The van der Waals surface area contributed by atoms with Crippen molar-refractivity contribution in [2.24, 2.45) is 0 Å². The van der Waals surface area contributed by atoms with Crippen LogP contribution in [0.25, 0.3) is 0 Å². The van der Waals surface area contributed by atoms with Crippen LogP contribution in [-0.2, 0) is 16.2 Å². The van der Waals surface area contributed by atoms with Crippen molar-refractivity contribution in [2.45, 2.75) is 30.0 Å². The standard InChI is InChI=1S/C20H23ClF3N5O2S/c21-18-12-15(20(22,23)24)13-26-19(18)28-10-8-27(9-11-28)16-3-6-29(7-4-16)32(30,31)17-2-1-5-25-14-17/h1-2,5,12-14,16H,3-4,6-11H2. The van der Waals surface area contributed by atoms with Crippen molar-refractivity contribution in [3.63, 3.8) is 0 Å². The SMILES string of the molecule is O=S(=O)(c1cccnc1)N1CCC(N2CCN(c3ncc(C(F)(F)F)cc3Cl)CC2)CC1. The Labute approximate surface area is 189 Å². The molecule has 0 aliphatic carbocycles. The van der Waals surface area contributed by atoms with Crippen molar-refractivity contribution in [3.8, 4) is 0 Å². The van der Waals surface area contributed by atoms with Gasteiger partial charge in [0, 0.05) is 63.9 Å². The Morgan fingerprint density at radius 3 is 2.28 bits per heavy atom. The molecule has 0 saturated carbocycles. The van der Waals surface area contributed by atoms with Crippen LogP contribution in [0.1, 0.15) is 18.4 Å². The van der Waals surface area contributed by atoms with Crippen LogP contribution in [0, 0.1) is 0 Å². The third-order valence-corrected chi connectivity index (χ3v) is 8.14. The van der Waals surface area contributed by atoms with Crippen molar-refractivity contribution >= 4 is 27.4 Å². The number of hydrogen-bond donors (Lipinski definition) is 0. The minimum atomic E-state index is -4.48. The van der Waals surface area contributed by atoms with Gasteiger partial charge in [-0.25, -0.2) is 13.4 Å². The molecule has 2 aromatic rings. The maximum Gasteiger partial charge on any atom is 0.417 e. The second-order valence-corrected chi connectivity index (χ2v) is 10.2. The molecule has 2 aromatic heterocycles. The molecular formula is C20H23ClF3N5O2S. The summed E-state index contributed by atoms with van der Waals surface area (Å²) in [5.74, 6) is 0.358. The van der Waals surface area contributed by atoms with E-state index in [-0.39, 0.29) is 16.0 Å². The first-order chi connectivity index (χ1) is 15.2. The highest BCUT2D eigenvalue weighted by molar-refractivity contribution is 7.89. The summed E-state index contributed by atoms with van der Waals surface area (Å²) in [4.78, 5) is 12.2. The van der Waals surface area contributed by atoms with Gasteiger partial charge in [-0.1, -0.05) is 11.6 Å². The second kappa shape index (κ2) is 9.12. The molecule has 0 aromatic carbocycles. The highest BCUT2D eigenvalue weighted by Crippen LogP contribution is 2.34. The van der Waals surface area contributed by atoms with E-state index in [0.717, 1.165) is 25.1 Å². The Morgan fingerprint density at radius 2 is 1.72 bits per heavy atom. The quantitative estimate of drug-likeness (QED) is 0.657. The molecule has 0 bridgehead atoms. The number of alkyl halides is 3. The lowest BCUT2D eigenvalue weighted by atomic mass is 10.0. The molecule has 0 radical (unpaired) electrons. The molecule has 0 spiro atoms. The normalized spacial score (nSPS) is 19.9. The fourth-order valence-corrected chi connectivity index (χ4v) is 5.93. The summed E-state index contributed by atoms with van der Waals surface area (Å²) in [6, 6.07) is 4.33. The van der Waals surface area contributed by atoms with Crippen molar-refractivity contribution in [3.05, 3.63) is 47.4 Å². The molecule has 2 fully saturated rings. The van der Waals surface area contributed by atoms with Crippen molar-refractivity contribution < 1.29 is 21.6 Å². The molecule has 7 nitrogen and oxygen atoms in total. The number of halogens is 4. The Bertz CT molecular complexity index is 1040. The van der Waals surface area contributed by atoms with E-state index in [9.17, 15) is 21.6 Å². The Balaban J connectivity index is 1.32. The number of nitrogens with zero attached hydrogens (tertiary/aromatic N) is 5. The van der Waals surface area contributed by atoms with E-state index in [0.29, 0.717) is 45.1 Å². The number of pyridine rings is 2. The number of rotatable bonds is 4. The molecule has 2 saturated heterocycles. The van der Waals surface area contributed by atoms with Crippen molar-refractivity contribution in [1.29, 1.82) is 0 Å². The van der Waals surface area contributed by atoms with Crippen LogP contribution in [0.2, 0.25) is 5.02 Å². The summed E-state index contributed by atoms with van der Waals surface area (Å²) in [6.45, 7) is 3.47. The lowest BCUT2D eigenvalue weighted by Crippen LogP contribution is -2.54. The van der Waals surface area contributed by atoms with Gasteiger partial charge < -0.3 is 4.90 Å². The Kier molecular flexibility index (Phi) is 6.62. The molecular weight excluding hydrogens is 467 g/mol. The van der Waals surface area contributed by atoms with Crippen molar-refractivity contribution in [2.75, 3.05) is 44.2 Å². The van der Waals surface area contributed by atoms with E-state index in [1.807, 2.05) is 4.90 Å². The fraction of sp³-hybridized carbons (Fsp3) is 0.500. The van der Waals surface area contributed by atoms with E-state index < -0.39 is 21.8 Å². The molecule has 0 atom stereocenters. The zero-order valence-corrected chi connectivity index (χ0v) is 18.7. The van der Waals surface area contributed by atoms with Gasteiger partial charge in [-0.2, -0.15) is 17.5 Å². The minimum Gasteiger partial charge on any atom is -0.353 e. The highest BCUT2D eigenvalue weighted by Gasteiger charge is 2.34. The van der Waals surface area contributed by atoms with Gasteiger partial charge in [0.15, 0.2) is 0 Å². The molecule has 12 heteroatoms. The molecule has 32 heavy (non-hydrogen) atoms. The van der Waals surface area contributed by atoms with Crippen molar-refractivity contribution in [1.82, 2.24) is 19.2 Å². The largest absolute Gasteiger partial charge is 0.417 e. The van der Waals surface area contributed by atoms with Gasteiger partial charge in [-0.15, -0.1) is 0 Å². The summed E-state index contributed by atoms with van der Waals surface area (Å²) in [5, 5.41) is -0.0119. The molecule has 0 N–H and O–H groups in total. The van der Waals surface area contributed by atoms with Gasteiger partial charge in [0.25, 0.3) is 0 Å². The lowest BCUT2D eigenvalue weighted by molar-refractivity contribution is -0.137. The van der Waals surface area contributed by atoms with E-state index in [1.165, 1.54) is 16.7 Å². The monoisotopic (exact) mass is 489 g/mol. The third kappa shape index (κ3) is 4.85. The Morgan fingerprint density at radius 1 is 1.03 bits per heavy atom. The summed E-state index contributed by atoms with van der Waals surface area (Å²) in [5.41, 5.74) is -0.863. The number of piperazine rings is 1. The highest BCUT2D eigenvalue weighted by atomic mass is 35.5. The number of hydrogen-bond acceptors (Lipinski definition) is 6. The molecule has 4 heterocycles. The van der Waals surface area contributed by atoms with E-state index in [1.54, 1.807) is 12.1 Å². The third-order valence-electron chi connectivity index (χ3n) is 5.97. The van der Waals surface area contributed by atoms with Gasteiger partial charge in [-0.3, -0.25) is 9.88 Å². The molecule has 2 aliphatic heterocycles. The maximum absolute atomic E-state index is 12.8. The summed E-state index contributed by atoms with van der Waals surface area (Å²) >= 11 is 6.08. The molecule has 0 unspecified atom stereocenters. The predicted molar refractivity (Wildman–Crippen MR) is 114 cm³/mol. The average Bonchev–Trinajstić information content (AvgIpc) is 2.79. The number of piperidine rings is 1. The average molecular weight is 490 g/mol. The number of aromatic nitrogens is 2. The lowest BCUT2D eigenvalue weighted by Gasteiger charge is -2.42. The smallest absolute Gasteiger partial charge is 0.353 e. The zero-order valence-electron chi connectivity index (χ0n) is 17.2. The van der Waals surface area contributed by atoms with Gasteiger partial charge >= 0.3 is 6.18 Å². The van der Waals surface area contributed by atoms with Crippen LogP contribution in [0.15, 0.2) is 41.7 Å². The first-order valence-electron chi connectivity index (χ1n) is 10.3. The van der Waals surface area contributed by atoms with Gasteiger partial charge in [0.05, 0.1) is 10.6 Å². The molecule has 2 aliphatic rings. The fourth-order valence-electron chi connectivity index (χ4n) is 4.21. The van der Waals surface area contributed by atoms with Crippen LogP contribution in [0.5, 0.6) is 0 Å². The predicted octanol–water partition coefficient (Wildman–Crippen LogP) is 3.12. The maximum atomic E-state index is 12.8. The van der Waals surface area contributed by atoms with Crippen LogP contribution >= 0.6 is 11.6 Å². The van der Waals surface area contributed by atoms with Crippen LogP contribution in [-0.4, -0.2) is 72.9 Å². The molecule has 174 valence electrons. The molecule has 4 rings (SSSR count). The minimum absolute atomic E-state index is 0.0119. The summed E-state index contributed by atoms with van der Waals surface area (Å²) in [6.07, 6.45) is 0.677. The van der Waals surface area contributed by atoms with Gasteiger partial charge in [0.2, 0.25) is 10.0 Å². The van der Waals surface area contributed by atoms with Gasteiger partial charge in [0.1, 0.15) is 10.7 Å². The van der Waals surface area contributed by atoms with Crippen LogP contribution in [0.4, 0.5) is 19.0 Å². The van der Waals surface area contributed by atoms with E-state index in [2.05, 4.69) is 14.9 Å². The first-order valence-corrected chi connectivity index (χ1v) is 12.1.